The number of aliphatic hydroxyl groups is 1. The Kier molecular flexibility index (Phi) is 1.95. The van der Waals surface area contributed by atoms with Gasteiger partial charge in [0.05, 0.1) is 12.0 Å². The maximum absolute atomic E-state index is 11.8. The van der Waals surface area contributed by atoms with Crippen molar-refractivity contribution in [3.63, 3.8) is 0 Å². The number of Topliss-reactive ketones (excluding diaryl/α,β-unsaturated/α-hetero) is 1. The highest BCUT2D eigenvalue weighted by Crippen LogP contribution is 2.45. The van der Waals surface area contributed by atoms with Crippen LogP contribution in [0.4, 0.5) is 0 Å². The minimum absolute atomic E-state index is 0.0856. The van der Waals surface area contributed by atoms with Crippen LogP contribution in [0.5, 0.6) is 0 Å². The minimum atomic E-state index is -0.304. The molecule has 2 nitrogen and oxygen atoms in total. The van der Waals surface area contributed by atoms with Gasteiger partial charge in [0.15, 0.2) is 0 Å². The van der Waals surface area contributed by atoms with Crippen LogP contribution in [0.3, 0.4) is 0 Å². The van der Waals surface area contributed by atoms with E-state index in [1.807, 2.05) is 0 Å². The van der Waals surface area contributed by atoms with E-state index in [-0.39, 0.29) is 12.0 Å². The van der Waals surface area contributed by atoms with Gasteiger partial charge < -0.3 is 5.11 Å². The van der Waals surface area contributed by atoms with E-state index in [0.717, 1.165) is 38.5 Å². The van der Waals surface area contributed by atoms with Crippen LogP contribution in [0.2, 0.25) is 0 Å². The normalized spacial score (nSPS) is 41.4. The number of rotatable bonds is 1. The van der Waals surface area contributed by atoms with Crippen LogP contribution in [0.15, 0.2) is 0 Å². The van der Waals surface area contributed by atoms with Gasteiger partial charge in [0.1, 0.15) is 5.78 Å². The molecule has 0 aromatic heterocycles. The molecule has 2 rings (SSSR count). The molecule has 0 atom stereocenters. The Morgan fingerprint density at radius 2 is 1.92 bits per heavy atom. The first-order valence-corrected chi connectivity index (χ1v) is 4.94. The van der Waals surface area contributed by atoms with E-state index in [1.165, 1.54) is 0 Å². The molecule has 0 aromatic rings. The zero-order valence-electron chi connectivity index (χ0n) is 7.38. The van der Waals surface area contributed by atoms with E-state index in [4.69, 9.17) is 0 Å². The fraction of sp³-hybridized carbons (Fsp3) is 0.900. The molecule has 0 spiro atoms. The van der Waals surface area contributed by atoms with Crippen molar-refractivity contribution in [2.24, 2.45) is 11.3 Å². The van der Waals surface area contributed by atoms with Crippen LogP contribution in [-0.4, -0.2) is 17.5 Å². The maximum atomic E-state index is 11.8. The van der Waals surface area contributed by atoms with Crippen LogP contribution in [0.25, 0.3) is 0 Å². The fourth-order valence-corrected chi connectivity index (χ4v) is 2.82. The summed E-state index contributed by atoms with van der Waals surface area (Å²) in [5.74, 6) is 0.655. The molecule has 0 amide bonds. The Balaban J connectivity index is 2.24. The zero-order valence-corrected chi connectivity index (χ0v) is 7.38. The predicted molar refractivity (Wildman–Crippen MR) is 45.7 cm³/mol. The van der Waals surface area contributed by atoms with Crippen molar-refractivity contribution in [3.05, 3.63) is 0 Å². The molecule has 2 aliphatic rings. The summed E-state index contributed by atoms with van der Waals surface area (Å²) in [6.45, 7) is 0.0856. The van der Waals surface area contributed by atoms with E-state index < -0.39 is 0 Å². The highest BCUT2D eigenvalue weighted by molar-refractivity contribution is 5.88. The number of fused-ring (bicyclic) bond motifs is 2. The van der Waals surface area contributed by atoms with Gasteiger partial charge in [-0.25, -0.2) is 0 Å². The molecule has 2 fully saturated rings. The summed E-state index contributed by atoms with van der Waals surface area (Å²) in [6, 6.07) is 0. The van der Waals surface area contributed by atoms with Crippen molar-refractivity contribution in [1.82, 2.24) is 0 Å². The molecule has 2 aliphatic carbocycles. The summed E-state index contributed by atoms with van der Waals surface area (Å²) in [5.41, 5.74) is -0.304. The van der Waals surface area contributed by atoms with Gasteiger partial charge in [0.2, 0.25) is 0 Å². The number of carbonyl (C=O) groups is 1. The standard InChI is InChI=1S/C10H16O2/c11-7-10-5-1-3-8(9(10)12)4-2-6-10/h8,11H,1-7H2. The monoisotopic (exact) mass is 168 g/mol. The van der Waals surface area contributed by atoms with Crippen molar-refractivity contribution < 1.29 is 9.90 Å². The van der Waals surface area contributed by atoms with E-state index in [2.05, 4.69) is 0 Å². The average Bonchev–Trinajstić information content (AvgIpc) is 2.05. The number of hydrogen-bond acceptors (Lipinski definition) is 2. The molecule has 1 N–H and O–H groups in total. The molecule has 0 aliphatic heterocycles. The summed E-state index contributed by atoms with van der Waals surface area (Å²) in [6.07, 6.45) is 6.27. The Morgan fingerprint density at radius 1 is 1.33 bits per heavy atom. The number of ketones is 1. The molecule has 0 aromatic carbocycles. The third-order valence-corrected chi connectivity index (χ3v) is 3.61. The van der Waals surface area contributed by atoms with Gasteiger partial charge in [0, 0.05) is 5.92 Å². The smallest absolute Gasteiger partial charge is 0.144 e. The quantitative estimate of drug-likeness (QED) is 0.644. The van der Waals surface area contributed by atoms with Crippen molar-refractivity contribution in [2.75, 3.05) is 6.61 Å². The van der Waals surface area contributed by atoms with Gasteiger partial charge in [-0.2, -0.15) is 0 Å². The number of aliphatic hydroxyl groups excluding tert-OH is 1. The van der Waals surface area contributed by atoms with Gasteiger partial charge in [-0.05, 0) is 25.7 Å². The van der Waals surface area contributed by atoms with Crippen LogP contribution in [0.1, 0.15) is 38.5 Å². The minimum Gasteiger partial charge on any atom is -0.395 e. The first-order chi connectivity index (χ1) is 5.78. The average molecular weight is 168 g/mol. The van der Waals surface area contributed by atoms with Crippen LogP contribution in [-0.2, 0) is 4.79 Å². The summed E-state index contributed by atoms with van der Waals surface area (Å²) < 4.78 is 0. The van der Waals surface area contributed by atoms with Gasteiger partial charge in [-0.1, -0.05) is 12.8 Å². The molecule has 0 radical (unpaired) electrons. The van der Waals surface area contributed by atoms with E-state index in [1.54, 1.807) is 0 Å². The SMILES string of the molecule is O=C1C2CCCC1(CO)CCC2. The van der Waals surface area contributed by atoms with Crippen molar-refractivity contribution in [1.29, 1.82) is 0 Å². The van der Waals surface area contributed by atoms with E-state index in [9.17, 15) is 9.90 Å². The molecule has 0 unspecified atom stereocenters. The van der Waals surface area contributed by atoms with Crippen molar-refractivity contribution in [2.45, 2.75) is 38.5 Å². The molecular formula is C10H16O2. The lowest BCUT2D eigenvalue weighted by Gasteiger charge is -2.42. The van der Waals surface area contributed by atoms with Crippen LogP contribution in [0, 0.1) is 11.3 Å². The third-order valence-electron chi connectivity index (χ3n) is 3.61. The van der Waals surface area contributed by atoms with Crippen molar-refractivity contribution in [3.8, 4) is 0 Å². The molecule has 12 heavy (non-hydrogen) atoms. The lowest BCUT2D eigenvalue weighted by atomic mass is 9.61. The fourth-order valence-electron chi connectivity index (χ4n) is 2.82. The topological polar surface area (TPSA) is 37.3 Å². The molecule has 68 valence electrons. The molecule has 0 heterocycles. The Bertz CT molecular complexity index is 188. The summed E-state index contributed by atoms with van der Waals surface area (Å²) in [7, 11) is 0. The summed E-state index contributed by atoms with van der Waals surface area (Å²) in [4.78, 5) is 11.8. The molecular weight excluding hydrogens is 152 g/mol. The van der Waals surface area contributed by atoms with Gasteiger partial charge in [-0.15, -0.1) is 0 Å². The van der Waals surface area contributed by atoms with E-state index >= 15 is 0 Å². The second-order valence-electron chi connectivity index (χ2n) is 4.28. The Labute approximate surface area is 73.0 Å². The van der Waals surface area contributed by atoms with Crippen LogP contribution >= 0.6 is 0 Å². The molecule has 2 bridgehead atoms. The third kappa shape index (κ3) is 1.01. The molecule has 2 saturated carbocycles. The second kappa shape index (κ2) is 2.84. The van der Waals surface area contributed by atoms with Crippen LogP contribution < -0.4 is 0 Å². The lowest BCUT2D eigenvalue weighted by molar-refractivity contribution is -0.143. The highest BCUT2D eigenvalue weighted by Gasteiger charge is 2.46. The zero-order chi connectivity index (χ0) is 8.60. The Hall–Kier alpha value is -0.370. The largest absolute Gasteiger partial charge is 0.395 e. The highest BCUT2D eigenvalue weighted by atomic mass is 16.3. The van der Waals surface area contributed by atoms with Gasteiger partial charge in [-0.3, -0.25) is 4.79 Å². The summed E-state index contributed by atoms with van der Waals surface area (Å²) >= 11 is 0. The number of carbonyl (C=O) groups excluding carboxylic acids is 1. The first-order valence-electron chi connectivity index (χ1n) is 4.94. The predicted octanol–water partition coefficient (Wildman–Crippen LogP) is 1.52. The van der Waals surface area contributed by atoms with Crippen molar-refractivity contribution >= 4 is 5.78 Å². The first kappa shape index (κ1) is 8.24. The maximum Gasteiger partial charge on any atom is 0.144 e. The molecule has 0 saturated heterocycles. The second-order valence-corrected chi connectivity index (χ2v) is 4.28. The summed E-state index contributed by atoms with van der Waals surface area (Å²) in [5, 5.41) is 9.24. The number of hydrogen-bond donors (Lipinski definition) is 1. The van der Waals surface area contributed by atoms with Gasteiger partial charge >= 0.3 is 0 Å². The lowest BCUT2D eigenvalue weighted by Crippen LogP contribution is -2.45. The molecule has 2 heteroatoms. The Morgan fingerprint density at radius 3 is 2.33 bits per heavy atom. The van der Waals surface area contributed by atoms with Gasteiger partial charge in [0.25, 0.3) is 0 Å². The van der Waals surface area contributed by atoms with E-state index in [0.29, 0.717) is 11.7 Å².